The Labute approximate surface area is 99.4 Å². The van der Waals surface area contributed by atoms with Gasteiger partial charge in [-0.1, -0.05) is 11.8 Å². The molecule has 1 aromatic rings. The third-order valence-electron chi connectivity index (χ3n) is 1.67. The fourth-order valence-electron chi connectivity index (χ4n) is 1.01. The quantitative estimate of drug-likeness (QED) is 0.454. The normalized spacial score (nSPS) is 10.6. The summed E-state index contributed by atoms with van der Waals surface area (Å²) in [5, 5.41) is 1.92. The maximum Gasteiger partial charge on any atom is 0.142 e. The molecule has 0 aliphatic heterocycles. The van der Waals surface area contributed by atoms with Gasteiger partial charge in [0, 0.05) is 0 Å². The maximum atomic E-state index is 10.1. The Morgan fingerprint density at radius 1 is 1.50 bits per heavy atom. The fourth-order valence-corrected chi connectivity index (χ4v) is 1.22. The van der Waals surface area contributed by atoms with Crippen molar-refractivity contribution in [3.05, 3.63) is 41.2 Å². The lowest BCUT2D eigenvalue weighted by atomic mass is 10.3. The van der Waals surface area contributed by atoms with Crippen molar-refractivity contribution in [2.45, 2.75) is 6.42 Å². The van der Waals surface area contributed by atoms with E-state index >= 15 is 0 Å². The van der Waals surface area contributed by atoms with E-state index < -0.39 is 0 Å². The van der Waals surface area contributed by atoms with Gasteiger partial charge in [-0.3, -0.25) is 4.79 Å². The van der Waals surface area contributed by atoms with Gasteiger partial charge in [0.25, 0.3) is 0 Å². The number of carbonyl (C=O) groups excluding carboxylic acids is 1. The number of aldehydes is 1. The van der Waals surface area contributed by atoms with Crippen molar-refractivity contribution in [2.24, 2.45) is 0 Å². The van der Waals surface area contributed by atoms with E-state index in [9.17, 15) is 4.79 Å². The topological polar surface area (TPSA) is 30.2 Å². The molecule has 0 fully saturated rings. The molecule has 3 heteroatoms. The zero-order chi connectivity index (χ0) is 11.6. The Morgan fingerprint density at radius 3 is 3.12 bits per heavy atom. The van der Waals surface area contributed by atoms with Crippen LogP contribution < -0.4 is 0 Å². The van der Waals surface area contributed by atoms with Crippen molar-refractivity contribution in [1.29, 1.82) is 0 Å². The first-order valence-electron chi connectivity index (χ1n) is 4.73. The van der Waals surface area contributed by atoms with Crippen LogP contribution in [-0.2, 0) is 11.2 Å². The summed E-state index contributed by atoms with van der Waals surface area (Å²) in [6, 6.07) is 3.67. The van der Waals surface area contributed by atoms with Crippen LogP contribution in [0.4, 0.5) is 0 Å². The van der Waals surface area contributed by atoms with Gasteiger partial charge < -0.3 is 4.42 Å². The van der Waals surface area contributed by atoms with E-state index in [1.807, 2.05) is 23.8 Å². The van der Waals surface area contributed by atoms with Crippen molar-refractivity contribution in [2.75, 3.05) is 6.26 Å². The van der Waals surface area contributed by atoms with Gasteiger partial charge >= 0.3 is 0 Å². The number of thioether (sulfide) groups is 1. The first-order valence-corrected chi connectivity index (χ1v) is 6.02. The second kappa shape index (κ2) is 7.61. The molecule has 0 N–H and O–H groups in total. The highest BCUT2D eigenvalue weighted by Gasteiger charge is 1.96. The van der Waals surface area contributed by atoms with Crippen LogP contribution in [0, 0.1) is 11.8 Å². The fraction of sp³-hybridized carbons (Fsp3) is 0.154. The third-order valence-corrected chi connectivity index (χ3v) is 2.08. The molecule has 0 spiro atoms. The summed E-state index contributed by atoms with van der Waals surface area (Å²) in [7, 11) is 0. The zero-order valence-electron chi connectivity index (χ0n) is 8.97. The van der Waals surface area contributed by atoms with Crippen molar-refractivity contribution in [3.8, 4) is 11.8 Å². The molecule has 0 aliphatic rings. The van der Waals surface area contributed by atoms with Gasteiger partial charge in [-0.05, 0) is 42.0 Å². The number of carbonyl (C=O) groups is 1. The van der Waals surface area contributed by atoms with Crippen LogP contribution in [0.5, 0.6) is 0 Å². The van der Waals surface area contributed by atoms with Crippen molar-refractivity contribution < 1.29 is 9.21 Å². The van der Waals surface area contributed by atoms with Gasteiger partial charge in [-0.2, -0.15) is 0 Å². The number of rotatable bonds is 4. The first-order chi connectivity index (χ1) is 7.86. The minimum Gasteiger partial charge on any atom is -0.461 e. The van der Waals surface area contributed by atoms with E-state index in [-0.39, 0.29) is 0 Å². The third kappa shape index (κ3) is 4.72. The lowest BCUT2D eigenvalue weighted by Crippen LogP contribution is -1.73. The van der Waals surface area contributed by atoms with E-state index in [1.165, 1.54) is 6.08 Å². The average molecular weight is 232 g/mol. The van der Waals surface area contributed by atoms with Gasteiger partial charge in [0.15, 0.2) is 0 Å². The smallest absolute Gasteiger partial charge is 0.142 e. The molecule has 0 radical (unpaired) electrons. The highest BCUT2D eigenvalue weighted by Crippen LogP contribution is 2.09. The minimum absolute atomic E-state index is 0.577. The Bertz CT molecular complexity index is 444. The predicted molar refractivity (Wildman–Crippen MR) is 67.9 cm³/mol. The lowest BCUT2D eigenvalue weighted by molar-refractivity contribution is -0.104. The molecular weight excluding hydrogens is 220 g/mol. The number of furan rings is 1. The average Bonchev–Trinajstić information content (AvgIpc) is 2.74. The summed E-state index contributed by atoms with van der Waals surface area (Å²) in [6.45, 7) is 0. The van der Waals surface area contributed by atoms with Gasteiger partial charge in [0.2, 0.25) is 0 Å². The van der Waals surface area contributed by atoms with Gasteiger partial charge in [-0.25, -0.2) is 0 Å². The second-order valence-corrected chi connectivity index (χ2v) is 3.58. The number of hydrogen-bond donors (Lipinski definition) is 0. The molecule has 0 bridgehead atoms. The summed E-state index contributed by atoms with van der Waals surface area (Å²) in [5.41, 5.74) is 0. The molecule has 0 aliphatic carbocycles. The predicted octanol–water partition coefficient (Wildman–Crippen LogP) is 2.91. The van der Waals surface area contributed by atoms with Gasteiger partial charge in [0.05, 0.1) is 6.42 Å². The molecule has 0 amide bonds. The lowest BCUT2D eigenvalue weighted by Gasteiger charge is -1.85. The highest BCUT2D eigenvalue weighted by molar-refractivity contribution is 8.01. The molecule has 0 saturated heterocycles. The van der Waals surface area contributed by atoms with Crippen LogP contribution in [0.1, 0.15) is 11.5 Å². The molecule has 0 unspecified atom stereocenters. The van der Waals surface area contributed by atoms with Crippen LogP contribution in [0.3, 0.4) is 0 Å². The summed E-state index contributed by atoms with van der Waals surface area (Å²) in [4.78, 5) is 10.1. The van der Waals surface area contributed by atoms with Crippen molar-refractivity contribution in [1.82, 2.24) is 0 Å². The van der Waals surface area contributed by atoms with Crippen LogP contribution in [0.2, 0.25) is 0 Å². The van der Waals surface area contributed by atoms with Crippen molar-refractivity contribution >= 4 is 24.1 Å². The molecule has 0 saturated carbocycles. The van der Waals surface area contributed by atoms with Crippen molar-refractivity contribution in [3.63, 3.8) is 0 Å². The van der Waals surface area contributed by atoms with E-state index in [1.54, 1.807) is 23.9 Å². The minimum atomic E-state index is 0.577. The van der Waals surface area contributed by atoms with Gasteiger partial charge in [0.1, 0.15) is 17.8 Å². The highest BCUT2D eigenvalue weighted by atomic mass is 32.2. The van der Waals surface area contributed by atoms with Crippen LogP contribution >= 0.6 is 11.8 Å². The Balaban J connectivity index is 2.51. The Morgan fingerprint density at radius 2 is 2.38 bits per heavy atom. The van der Waals surface area contributed by atoms with Crippen LogP contribution in [-0.4, -0.2) is 12.5 Å². The Kier molecular flexibility index (Phi) is 5.90. The summed E-state index contributed by atoms with van der Waals surface area (Å²) in [5.74, 6) is 7.34. The van der Waals surface area contributed by atoms with E-state index in [4.69, 9.17) is 4.42 Å². The summed E-state index contributed by atoms with van der Waals surface area (Å²) < 4.78 is 5.41. The number of hydrogen-bond acceptors (Lipinski definition) is 3. The summed E-state index contributed by atoms with van der Waals surface area (Å²) >= 11 is 1.61. The van der Waals surface area contributed by atoms with E-state index in [0.717, 1.165) is 12.0 Å². The first kappa shape index (κ1) is 12.4. The molecule has 1 aromatic heterocycles. The van der Waals surface area contributed by atoms with Crippen LogP contribution in [0.15, 0.2) is 34.1 Å². The molecule has 82 valence electrons. The van der Waals surface area contributed by atoms with E-state index in [2.05, 4.69) is 11.8 Å². The molecule has 1 heterocycles. The molecule has 1 rings (SSSR count). The molecule has 16 heavy (non-hydrogen) atoms. The van der Waals surface area contributed by atoms with Crippen LogP contribution in [0.25, 0.3) is 6.08 Å². The maximum absolute atomic E-state index is 10.1. The standard InChI is InChI=1S/C13H12O2S/c1-16-11-4-2-3-6-12-8-9-13(15-12)7-5-10-14/h4-5,7-11H,6H2,1H3/b7-5+,11-4-. The van der Waals surface area contributed by atoms with Gasteiger partial charge in [-0.15, -0.1) is 11.8 Å². The Hall–Kier alpha value is -1.66. The monoisotopic (exact) mass is 232 g/mol. The zero-order valence-corrected chi connectivity index (χ0v) is 9.79. The largest absolute Gasteiger partial charge is 0.461 e. The molecule has 2 nitrogen and oxygen atoms in total. The second-order valence-electron chi connectivity index (χ2n) is 2.84. The summed E-state index contributed by atoms with van der Waals surface area (Å²) in [6.07, 6.45) is 8.10. The SMILES string of the molecule is CS/C=C\C#CCc1ccc(/C=C/C=O)o1. The molecule has 0 aromatic carbocycles. The molecule has 0 atom stereocenters. The van der Waals surface area contributed by atoms with E-state index in [0.29, 0.717) is 12.2 Å². The molecular formula is C13H12O2S. The number of allylic oxidation sites excluding steroid dienone is 2.